The molecule has 0 fully saturated rings. The third kappa shape index (κ3) is 5.45. The molecular formula is C22H27N. The minimum atomic E-state index is 0.202. The van der Waals surface area contributed by atoms with E-state index in [0.29, 0.717) is 0 Å². The van der Waals surface area contributed by atoms with Gasteiger partial charge in [-0.25, -0.2) is 0 Å². The van der Waals surface area contributed by atoms with Crippen molar-refractivity contribution >= 4 is 17.5 Å². The summed E-state index contributed by atoms with van der Waals surface area (Å²) in [7, 11) is 0. The van der Waals surface area contributed by atoms with E-state index in [2.05, 4.69) is 100 Å². The minimum absolute atomic E-state index is 0.202. The maximum atomic E-state index is 4.16. The van der Waals surface area contributed by atoms with Crippen molar-refractivity contribution in [2.45, 2.75) is 34.1 Å². The van der Waals surface area contributed by atoms with Gasteiger partial charge in [-0.05, 0) is 40.7 Å². The highest BCUT2D eigenvalue weighted by atomic mass is 14.9. The molecule has 0 aliphatic carbocycles. The Morgan fingerprint density at radius 3 is 2.39 bits per heavy atom. The van der Waals surface area contributed by atoms with Crippen LogP contribution in [0.3, 0.4) is 0 Å². The van der Waals surface area contributed by atoms with Crippen LogP contribution in [0.5, 0.6) is 0 Å². The second-order valence-electron chi connectivity index (χ2n) is 6.98. The number of hydrogen-bond acceptors (Lipinski definition) is 1. The van der Waals surface area contributed by atoms with Crippen molar-refractivity contribution in [3.8, 4) is 0 Å². The largest absolute Gasteiger partial charge is 0.356 e. The number of allylic oxidation sites excluding steroid dienone is 1. The highest BCUT2D eigenvalue weighted by Crippen LogP contribution is 2.21. The summed E-state index contributed by atoms with van der Waals surface area (Å²) in [5.74, 6) is 0. The van der Waals surface area contributed by atoms with Crippen molar-refractivity contribution in [1.82, 2.24) is 0 Å². The Labute approximate surface area is 140 Å². The summed E-state index contributed by atoms with van der Waals surface area (Å²) >= 11 is 0. The number of hydrogen-bond donors (Lipinski definition) is 1. The number of nitrogens with one attached hydrogen (secondary N) is 1. The van der Waals surface area contributed by atoms with Gasteiger partial charge in [0.15, 0.2) is 0 Å². The average Bonchev–Trinajstić information content (AvgIpc) is 2.53. The number of anilines is 1. The predicted octanol–water partition coefficient (Wildman–Crippen LogP) is 6.39. The summed E-state index contributed by atoms with van der Waals surface area (Å²) in [6.07, 6.45) is 5.44. The Bertz CT molecular complexity index is 685. The van der Waals surface area contributed by atoms with Gasteiger partial charge in [-0.3, -0.25) is 0 Å². The molecule has 0 amide bonds. The second-order valence-corrected chi connectivity index (χ2v) is 6.98. The average molecular weight is 305 g/mol. The molecule has 0 saturated carbocycles. The first-order chi connectivity index (χ1) is 10.9. The van der Waals surface area contributed by atoms with E-state index in [4.69, 9.17) is 0 Å². The first-order valence-corrected chi connectivity index (χ1v) is 8.22. The molecule has 0 saturated heterocycles. The highest BCUT2D eigenvalue weighted by Gasteiger charge is 2.04. The van der Waals surface area contributed by atoms with Gasteiger partial charge in [-0.2, -0.15) is 0 Å². The van der Waals surface area contributed by atoms with E-state index in [9.17, 15) is 0 Å². The zero-order chi connectivity index (χ0) is 16.9. The molecule has 0 spiro atoms. The van der Waals surface area contributed by atoms with Crippen LogP contribution in [0.25, 0.3) is 11.8 Å². The third-order valence-corrected chi connectivity index (χ3v) is 3.67. The zero-order valence-corrected chi connectivity index (χ0v) is 14.7. The van der Waals surface area contributed by atoms with Crippen molar-refractivity contribution in [2.24, 2.45) is 5.41 Å². The van der Waals surface area contributed by atoms with E-state index >= 15 is 0 Å². The predicted molar refractivity (Wildman–Crippen MR) is 103 cm³/mol. The van der Waals surface area contributed by atoms with Gasteiger partial charge < -0.3 is 5.32 Å². The standard InChI is InChI=1S/C22H27N/c1-6-18-8-7-9-21(16-18)23-17(2)20-12-10-19(11-13-20)14-15-22(3,4)5/h7-16,23H,2,6H2,1,3-5H3/b15-14+. The normalized spacial score (nSPS) is 11.7. The lowest BCUT2D eigenvalue weighted by Crippen LogP contribution is -1.99. The molecule has 120 valence electrons. The van der Waals surface area contributed by atoms with Crippen LogP contribution >= 0.6 is 0 Å². The molecular weight excluding hydrogens is 278 g/mol. The Morgan fingerprint density at radius 1 is 1.09 bits per heavy atom. The number of benzene rings is 2. The lowest BCUT2D eigenvalue weighted by atomic mass is 9.95. The molecule has 23 heavy (non-hydrogen) atoms. The minimum Gasteiger partial charge on any atom is -0.356 e. The molecule has 0 aliphatic rings. The topological polar surface area (TPSA) is 12.0 Å². The van der Waals surface area contributed by atoms with Crippen molar-refractivity contribution < 1.29 is 0 Å². The maximum absolute atomic E-state index is 4.16. The first-order valence-electron chi connectivity index (χ1n) is 8.22. The van der Waals surface area contributed by atoms with Crippen LogP contribution in [0.4, 0.5) is 5.69 Å². The molecule has 2 aromatic rings. The lowest BCUT2D eigenvalue weighted by Gasteiger charge is -2.12. The first kappa shape index (κ1) is 17.1. The number of aryl methyl sites for hydroxylation is 1. The molecule has 1 heteroatoms. The SMILES string of the molecule is C=C(Nc1cccc(CC)c1)c1ccc(/C=C/C(C)(C)C)cc1. The Morgan fingerprint density at radius 2 is 1.78 bits per heavy atom. The van der Waals surface area contributed by atoms with Crippen LogP contribution in [0.15, 0.2) is 61.2 Å². The Hall–Kier alpha value is -2.28. The van der Waals surface area contributed by atoms with Crippen molar-refractivity contribution in [3.05, 3.63) is 77.9 Å². The third-order valence-electron chi connectivity index (χ3n) is 3.67. The van der Waals surface area contributed by atoms with Gasteiger partial charge in [-0.1, -0.05) is 82.8 Å². The summed E-state index contributed by atoms with van der Waals surface area (Å²) in [5, 5.41) is 3.40. The van der Waals surface area contributed by atoms with Crippen LogP contribution < -0.4 is 5.32 Å². The highest BCUT2D eigenvalue weighted by molar-refractivity contribution is 5.75. The zero-order valence-electron chi connectivity index (χ0n) is 14.7. The van der Waals surface area contributed by atoms with Crippen LogP contribution in [0.2, 0.25) is 0 Å². The van der Waals surface area contributed by atoms with Gasteiger partial charge in [-0.15, -0.1) is 0 Å². The molecule has 0 aliphatic heterocycles. The summed E-state index contributed by atoms with van der Waals surface area (Å²) in [6.45, 7) is 12.9. The summed E-state index contributed by atoms with van der Waals surface area (Å²) in [4.78, 5) is 0. The molecule has 0 heterocycles. The van der Waals surface area contributed by atoms with Gasteiger partial charge in [0.05, 0.1) is 0 Å². The molecule has 2 aromatic carbocycles. The molecule has 0 aromatic heterocycles. The molecule has 2 rings (SSSR count). The van der Waals surface area contributed by atoms with Crippen LogP contribution in [-0.4, -0.2) is 0 Å². The van der Waals surface area contributed by atoms with E-state index in [0.717, 1.165) is 23.4 Å². The molecule has 1 nitrogen and oxygen atoms in total. The Balaban J connectivity index is 2.06. The lowest BCUT2D eigenvalue weighted by molar-refractivity contribution is 0.547. The Kier molecular flexibility index (Phi) is 5.44. The van der Waals surface area contributed by atoms with Crippen LogP contribution in [-0.2, 0) is 6.42 Å². The quantitative estimate of drug-likeness (QED) is 0.674. The van der Waals surface area contributed by atoms with Gasteiger partial charge in [0.2, 0.25) is 0 Å². The van der Waals surface area contributed by atoms with Crippen molar-refractivity contribution in [1.29, 1.82) is 0 Å². The molecule has 0 bridgehead atoms. The fourth-order valence-electron chi connectivity index (χ4n) is 2.26. The van der Waals surface area contributed by atoms with E-state index in [-0.39, 0.29) is 5.41 Å². The van der Waals surface area contributed by atoms with Gasteiger partial charge in [0.1, 0.15) is 0 Å². The fourth-order valence-corrected chi connectivity index (χ4v) is 2.26. The molecule has 0 unspecified atom stereocenters. The molecule has 1 N–H and O–H groups in total. The maximum Gasteiger partial charge on any atom is 0.0386 e. The van der Waals surface area contributed by atoms with Crippen LogP contribution in [0, 0.1) is 5.41 Å². The summed E-state index contributed by atoms with van der Waals surface area (Å²) in [5.41, 5.74) is 5.86. The molecule has 0 atom stereocenters. The monoisotopic (exact) mass is 305 g/mol. The van der Waals surface area contributed by atoms with Crippen molar-refractivity contribution in [2.75, 3.05) is 5.32 Å². The summed E-state index contributed by atoms with van der Waals surface area (Å²) in [6, 6.07) is 17.0. The smallest absolute Gasteiger partial charge is 0.0386 e. The van der Waals surface area contributed by atoms with Crippen LogP contribution in [0.1, 0.15) is 44.4 Å². The number of rotatable bonds is 5. The van der Waals surface area contributed by atoms with Gasteiger partial charge >= 0.3 is 0 Å². The molecule has 0 radical (unpaired) electrons. The van der Waals surface area contributed by atoms with E-state index in [1.165, 1.54) is 11.1 Å². The van der Waals surface area contributed by atoms with E-state index in [1.54, 1.807) is 0 Å². The fraction of sp³-hybridized carbons (Fsp3) is 0.273. The van der Waals surface area contributed by atoms with Crippen molar-refractivity contribution in [3.63, 3.8) is 0 Å². The second kappa shape index (κ2) is 7.32. The van der Waals surface area contributed by atoms with Gasteiger partial charge in [0.25, 0.3) is 0 Å². The van der Waals surface area contributed by atoms with E-state index < -0.39 is 0 Å². The van der Waals surface area contributed by atoms with Gasteiger partial charge in [0, 0.05) is 11.4 Å². The van der Waals surface area contributed by atoms with E-state index in [1.807, 2.05) is 0 Å². The summed E-state index contributed by atoms with van der Waals surface area (Å²) < 4.78 is 0.